The van der Waals surface area contributed by atoms with Crippen LogP contribution in [0.1, 0.15) is 18.9 Å². The van der Waals surface area contributed by atoms with Crippen molar-refractivity contribution in [3.8, 4) is 0 Å². The van der Waals surface area contributed by atoms with Crippen LogP contribution >= 0.6 is 11.3 Å². The number of benzene rings is 2. The van der Waals surface area contributed by atoms with Crippen LogP contribution in [-0.4, -0.2) is 19.3 Å². The zero-order valence-corrected chi connectivity index (χ0v) is 16.0. The molecular weight excluding hydrogens is 415 g/mol. The number of amides is 1. The van der Waals surface area contributed by atoms with E-state index < -0.39 is 26.7 Å². The fraction of sp³-hybridized carbons (Fsp3) is 0.176. The number of halogens is 3. The number of hydrogen-bond donors (Lipinski definition) is 2. The fourth-order valence-electron chi connectivity index (χ4n) is 2.31. The molecule has 0 unspecified atom stereocenters. The summed E-state index contributed by atoms with van der Waals surface area (Å²) in [6, 6.07) is 8.00. The van der Waals surface area contributed by atoms with Crippen LogP contribution in [0.2, 0.25) is 0 Å². The minimum Gasteiger partial charge on any atom is -0.302 e. The SMILES string of the molecule is CCC(=O)Nc1nc2cc(NS(=O)(=O)c3cccc(C(F)(F)F)c3)ccc2s1. The first-order valence-corrected chi connectivity index (χ1v) is 10.3. The Labute approximate surface area is 162 Å². The summed E-state index contributed by atoms with van der Waals surface area (Å²) in [4.78, 5) is 15.2. The third kappa shape index (κ3) is 4.42. The second-order valence-corrected chi connectivity index (χ2v) is 8.45. The van der Waals surface area contributed by atoms with E-state index >= 15 is 0 Å². The molecule has 2 N–H and O–H groups in total. The lowest BCUT2D eigenvalue weighted by Gasteiger charge is -2.11. The number of rotatable bonds is 5. The Morgan fingerprint density at radius 3 is 2.61 bits per heavy atom. The summed E-state index contributed by atoms with van der Waals surface area (Å²) in [6.07, 6.45) is -4.36. The van der Waals surface area contributed by atoms with Crippen LogP contribution in [0.3, 0.4) is 0 Å². The second-order valence-electron chi connectivity index (χ2n) is 5.73. The van der Waals surface area contributed by atoms with Crippen molar-refractivity contribution in [1.82, 2.24) is 4.98 Å². The van der Waals surface area contributed by atoms with Gasteiger partial charge in [-0.15, -0.1) is 0 Å². The van der Waals surface area contributed by atoms with E-state index in [2.05, 4.69) is 15.0 Å². The zero-order valence-electron chi connectivity index (χ0n) is 14.4. The van der Waals surface area contributed by atoms with Gasteiger partial charge in [-0.25, -0.2) is 13.4 Å². The van der Waals surface area contributed by atoms with Gasteiger partial charge in [-0.05, 0) is 36.4 Å². The largest absolute Gasteiger partial charge is 0.416 e. The van der Waals surface area contributed by atoms with Crippen molar-refractivity contribution >= 4 is 48.3 Å². The van der Waals surface area contributed by atoms with E-state index in [1.807, 2.05) is 0 Å². The van der Waals surface area contributed by atoms with Gasteiger partial charge in [0.25, 0.3) is 10.0 Å². The Hall–Kier alpha value is -2.66. The van der Waals surface area contributed by atoms with Crippen molar-refractivity contribution in [2.24, 2.45) is 0 Å². The fourth-order valence-corrected chi connectivity index (χ4v) is 4.26. The highest BCUT2D eigenvalue weighted by Crippen LogP contribution is 2.32. The first-order chi connectivity index (χ1) is 13.1. The topological polar surface area (TPSA) is 88.2 Å². The number of carbonyl (C=O) groups is 1. The lowest BCUT2D eigenvalue weighted by Crippen LogP contribution is -2.14. The molecule has 0 atom stereocenters. The maximum absolute atomic E-state index is 12.8. The van der Waals surface area contributed by atoms with E-state index in [4.69, 9.17) is 0 Å². The van der Waals surface area contributed by atoms with Gasteiger partial charge in [-0.1, -0.05) is 24.3 Å². The van der Waals surface area contributed by atoms with Crippen molar-refractivity contribution in [3.05, 3.63) is 48.0 Å². The molecule has 148 valence electrons. The molecule has 6 nitrogen and oxygen atoms in total. The third-order valence-corrected chi connectivity index (χ3v) is 6.01. The number of nitrogens with one attached hydrogen (secondary N) is 2. The molecule has 3 aromatic rings. The molecule has 0 bridgehead atoms. The lowest BCUT2D eigenvalue weighted by molar-refractivity contribution is -0.137. The summed E-state index contributed by atoms with van der Waals surface area (Å²) in [6.45, 7) is 1.70. The van der Waals surface area contributed by atoms with Gasteiger partial charge in [-0.2, -0.15) is 13.2 Å². The summed E-state index contributed by atoms with van der Waals surface area (Å²) in [7, 11) is -4.23. The van der Waals surface area contributed by atoms with Crippen molar-refractivity contribution in [3.63, 3.8) is 0 Å². The summed E-state index contributed by atoms with van der Waals surface area (Å²) in [5.74, 6) is -0.204. The van der Waals surface area contributed by atoms with E-state index in [0.717, 1.165) is 18.2 Å². The van der Waals surface area contributed by atoms with E-state index in [0.29, 0.717) is 21.4 Å². The molecule has 0 radical (unpaired) electrons. The maximum Gasteiger partial charge on any atom is 0.416 e. The Balaban J connectivity index is 1.88. The summed E-state index contributed by atoms with van der Waals surface area (Å²) in [5.41, 5.74) is -0.467. The van der Waals surface area contributed by atoms with Gasteiger partial charge in [-0.3, -0.25) is 9.52 Å². The van der Waals surface area contributed by atoms with Gasteiger partial charge in [0.1, 0.15) is 0 Å². The number of nitrogens with zero attached hydrogens (tertiary/aromatic N) is 1. The van der Waals surface area contributed by atoms with Crippen molar-refractivity contribution in [1.29, 1.82) is 0 Å². The number of aromatic nitrogens is 1. The molecule has 2 aromatic carbocycles. The summed E-state index contributed by atoms with van der Waals surface area (Å²) in [5, 5.41) is 2.99. The molecule has 1 aromatic heterocycles. The summed E-state index contributed by atoms with van der Waals surface area (Å²) < 4.78 is 66.3. The number of thiazole rings is 1. The van der Waals surface area contributed by atoms with E-state index in [1.54, 1.807) is 13.0 Å². The highest BCUT2D eigenvalue weighted by Gasteiger charge is 2.31. The Morgan fingerprint density at radius 2 is 1.93 bits per heavy atom. The summed E-state index contributed by atoms with van der Waals surface area (Å²) >= 11 is 1.22. The molecule has 11 heteroatoms. The molecule has 3 rings (SSSR count). The minimum absolute atomic E-state index is 0.142. The van der Waals surface area contributed by atoms with Gasteiger partial charge in [0.15, 0.2) is 5.13 Å². The van der Waals surface area contributed by atoms with E-state index in [9.17, 15) is 26.4 Å². The van der Waals surface area contributed by atoms with Crippen LogP contribution in [0, 0.1) is 0 Å². The van der Waals surface area contributed by atoms with Gasteiger partial charge < -0.3 is 5.32 Å². The van der Waals surface area contributed by atoms with Crippen LogP contribution in [0.15, 0.2) is 47.4 Å². The molecular formula is C17H14F3N3O3S2. The molecule has 0 aliphatic rings. The van der Waals surface area contributed by atoms with Gasteiger partial charge in [0, 0.05) is 6.42 Å². The predicted octanol–water partition coefficient (Wildman–Crippen LogP) is 4.46. The number of hydrogen-bond acceptors (Lipinski definition) is 5. The first kappa shape index (κ1) is 20.1. The number of alkyl halides is 3. The molecule has 0 fully saturated rings. The van der Waals surface area contributed by atoms with Gasteiger partial charge >= 0.3 is 6.18 Å². The molecule has 0 aliphatic carbocycles. The molecule has 0 spiro atoms. The average Bonchev–Trinajstić information content (AvgIpc) is 3.02. The van der Waals surface area contributed by atoms with Crippen molar-refractivity contribution in [2.75, 3.05) is 10.0 Å². The van der Waals surface area contributed by atoms with Crippen LogP contribution < -0.4 is 10.0 Å². The van der Waals surface area contributed by atoms with Crippen LogP contribution in [0.25, 0.3) is 10.2 Å². The van der Waals surface area contributed by atoms with Gasteiger partial charge in [0.05, 0.1) is 26.4 Å². The third-order valence-electron chi connectivity index (χ3n) is 3.68. The molecule has 1 heterocycles. The quantitative estimate of drug-likeness (QED) is 0.627. The maximum atomic E-state index is 12.8. The number of fused-ring (bicyclic) bond motifs is 1. The molecule has 0 saturated carbocycles. The number of anilines is 2. The number of carbonyl (C=O) groups excluding carboxylic acids is 1. The molecule has 1 amide bonds. The van der Waals surface area contributed by atoms with Crippen molar-refractivity contribution < 1.29 is 26.4 Å². The van der Waals surface area contributed by atoms with E-state index in [-0.39, 0.29) is 18.0 Å². The first-order valence-electron chi connectivity index (χ1n) is 7.99. The molecule has 0 aliphatic heterocycles. The zero-order chi connectivity index (χ0) is 20.5. The average molecular weight is 429 g/mol. The van der Waals surface area contributed by atoms with Crippen LogP contribution in [-0.2, 0) is 21.0 Å². The highest BCUT2D eigenvalue weighted by atomic mass is 32.2. The molecule has 28 heavy (non-hydrogen) atoms. The standard InChI is InChI=1S/C17H14F3N3O3S2/c1-2-15(24)22-16-21-13-9-11(6-7-14(13)27-16)23-28(25,26)12-5-3-4-10(8-12)17(18,19)20/h3-9,23H,2H2,1H3,(H,21,22,24). The number of sulfonamides is 1. The van der Waals surface area contributed by atoms with Crippen LogP contribution in [0.4, 0.5) is 24.0 Å². The second kappa shape index (κ2) is 7.40. The highest BCUT2D eigenvalue weighted by molar-refractivity contribution is 7.92. The Bertz CT molecular complexity index is 1140. The van der Waals surface area contributed by atoms with Crippen molar-refractivity contribution in [2.45, 2.75) is 24.4 Å². The van der Waals surface area contributed by atoms with E-state index in [1.165, 1.54) is 23.5 Å². The monoisotopic (exact) mass is 429 g/mol. The Kier molecular flexibility index (Phi) is 5.31. The minimum atomic E-state index is -4.65. The lowest BCUT2D eigenvalue weighted by atomic mass is 10.2. The van der Waals surface area contributed by atoms with Crippen LogP contribution in [0.5, 0.6) is 0 Å². The van der Waals surface area contributed by atoms with Gasteiger partial charge in [0.2, 0.25) is 5.91 Å². The Morgan fingerprint density at radius 1 is 1.18 bits per heavy atom. The molecule has 0 saturated heterocycles. The predicted molar refractivity (Wildman–Crippen MR) is 101 cm³/mol. The normalized spacial score (nSPS) is 12.1. The smallest absolute Gasteiger partial charge is 0.302 e.